The van der Waals surface area contributed by atoms with Crippen LogP contribution in [0.5, 0.6) is 0 Å². The Morgan fingerprint density at radius 2 is 2.00 bits per heavy atom. The molecular formula is C21H29ClFN5O2S. The van der Waals surface area contributed by atoms with Crippen molar-refractivity contribution in [1.29, 1.82) is 0 Å². The fourth-order valence-electron chi connectivity index (χ4n) is 3.41. The molecule has 0 radical (unpaired) electrons. The molecule has 7 nitrogen and oxygen atoms in total. The number of thioether (sulfide) groups is 1. The summed E-state index contributed by atoms with van der Waals surface area (Å²) in [7, 11) is 1.65. The minimum absolute atomic E-state index is 0.104. The molecule has 1 aliphatic rings. The number of aromatic nitrogens is 3. The quantitative estimate of drug-likeness (QED) is 0.549. The number of carbonyl (C=O) groups is 1. The number of benzene rings is 1. The fraction of sp³-hybridized carbons (Fsp3) is 0.571. The van der Waals surface area contributed by atoms with Crippen LogP contribution in [0.25, 0.3) is 0 Å². The molecule has 0 bridgehead atoms. The minimum atomic E-state index is -0.417. The number of ether oxygens (including phenoxy) is 1. The van der Waals surface area contributed by atoms with Gasteiger partial charge in [0.25, 0.3) is 0 Å². The molecule has 31 heavy (non-hydrogen) atoms. The van der Waals surface area contributed by atoms with E-state index in [4.69, 9.17) is 16.3 Å². The topological polar surface area (TPSA) is 63.5 Å². The Labute approximate surface area is 191 Å². The van der Waals surface area contributed by atoms with Gasteiger partial charge in [-0.3, -0.25) is 9.36 Å². The van der Waals surface area contributed by atoms with E-state index in [0.29, 0.717) is 34.9 Å². The second-order valence-corrected chi connectivity index (χ2v) is 9.76. The lowest BCUT2D eigenvalue weighted by Crippen LogP contribution is -2.38. The molecule has 0 spiro atoms. The second kappa shape index (κ2) is 10.7. The zero-order chi connectivity index (χ0) is 22.5. The third-order valence-electron chi connectivity index (χ3n) is 5.00. The molecule has 0 aliphatic carbocycles. The predicted octanol–water partition coefficient (Wildman–Crippen LogP) is 3.70. The summed E-state index contributed by atoms with van der Waals surface area (Å²) in [6.45, 7) is 9.82. The molecule has 2 heterocycles. The van der Waals surface area contributed by atoms with Crippen LogP contribution in [0.3, 0.4) is 0 Å². The SMILES string of the molecule is CC(C)Cn1c(SC(C)C(=O)N(C)Cc2c(F)cccc2Cl)nnc1N1CCOCC1. The molecule has 0 N–H and O–H groups in total. The van der Waals surface area contributed by atoms with Crippen LogP contribution in [0.1, 0.15) is 26.3 Å². The first-order chi connectivity index (χ1) is 14.8. The molecule has 1 aliphatic heterocycles. The van der Waals surface area contributed by atoms with Gasteiger partial charge in [-0.2, -0.15) is 0 Å². The van der Waals surface area contributed by atoms with E-state index in [-0.39, 0.29) is 12.5 Å². The number of rotatable bonds is 8. The monoisotopic (exact) mass is 469 g/mol. The highest BCUT2D eigenvalue weighted by Gasteiger charge is 2.26. The molecule has 2 aromatic rings. The van der Waals surface area contributed by atoms with Crippen molar-refractivity contribution >= 4 is 35.2 Å². The fourth-order valence-corrected chi connectivity index (χ4v) is 4.60. The van der Waals surface area contributed by atoms with Gasteiger partial charge in [0.15, 0.2) is 5.16 Å². The number of anilines is 1. The van der Waals surface area contributed by atoms with Crippen LogP contribution in [0.4, 0.5) is 10.3 Å². The Kier molecular flexibility index (Phi) is 8.18. The summed E-state index contributed by atoms with van der Waals surface area (Å²) in [5.74, 6) is 0.660. The van der Waals surface area contributed by atoms with Gasteiger partial charge < -0.3 is 14.5 Å². The van der Waals surface area contributed by atoms with E-state index in [2.05, 4.69) is 33.5 Å². The van der Waals surface area contributed by atoms with E-state index >= 15 is 0 Å². The molecular weight excluding hydrogens is 441 g/mol. The van der Waals surface area contributed by atoms with E-state index in [1.807, 2.05) is 6.92 Å². The first-order valence-corrected chi connectivity index (χ1v) is 11.6. The molecule has 10 heteroatoms. The molecule has 1 saturated heterocycles. The summed E-state index contributed by atoms with van der Waals surface area (Å²) in [6, 6.07) is 4.52. The Balaban J connectivity index is 1.73. The zero-order valence-corrected chi connectivity index (χ0v) is 19.9. The lowest BCUT2D eigenvalue weighted by atomic mass is 10.2. The van der Waals surface area contributed by atoms with Crippen LogP contribution >= 0.6 is 23.4 Å². The molecule has 1 atom stereocenters. The zero-order valence-electron chi connectivity index (χ0n) is 18.3. The van der Waals surface area contributed by atoms with E-state index < -0.39 is 11.1 Å². The number of hydrogen-bond donors (Lipinski definition) is 0. The Bertz CT molecular complexity index is 884. The highest BCUT2D eigenvalue weighted by atomic mass is 35.5. The minimum Gasteiger partial charge on any atom is -0.378 e. The van der Waals surface area contributed by atoms with Crippen molar-refractivity contribution in [1.82, 2.24) is 19.7 Å². The van der Waals surface area contributed by atoms with Crippen molar-refractivity contribution in [3.63, 3.8) is 0 Å². The number of amides is 1. The van der Waals surface area contributed by atoms with Gasteiger partial charge in [-0.25, -0.2) is 4.39 Å². The summed E-state index contributed by atoms with van der Waals surface area (Å²) < 4.78 is 21.6. The van der Waals surface area contributed by atoms with Crippen LogP contribution in [0.2, 0.25) is 5.02 Å². The van der Waals surface area contributed by atoms with Crippen LogP contribution in [0, 0.1) is 11.7 Å². The van der Waals surface area contributed by atoms with Crippen LogP contribution < -0.4 is 4.90 Å². The molecule has 1 aromatic heterocycles. The van der Waals surface area contributed by atoms with Crippen molar-refractivity contribution in [2.24, 2.45) is 5.92 Å². The van der Waals surface area contributed by atoms with Crippen LogP contribution in [-0.2, 0) is 22.6 Å². The highest BCUT2D eigenvalue weighted by molar-refractivity contribution is 8.00. The first-order valence-electron chi connectivity index (χ1n) is 10.4. The van der Waals surface area contributed by atoms with Gasteiger partial charge in [0.05, 0.1) is 18.5 Å². The molecule has 1 amide bonds. The van der Waals surface area contributed by atoms with Gasteiger partial charge in [0.1, 0.15) is 5.82 Å². The van der Waals surface area contributed by atoms with E-state index in [1.54, 1.807) is 19.2 Å². The smallest absolute Gasteiger partial charge is 0.235 e. The second-order valence-electron chi connectivity index (χ2n) is 8.04. The standard InChI is InChI=1S/C21H29ClFN5O2S/c1-14(2)12-28-20(27-8-10-30-11-9-27)24-25-21(28)31-15(3)19(29)26(4)13-16-17(22)6-5-7-18(16)23/h5-7,14-15H,8-13H2,1-4H3. The van der Waals surface area contributed by atoms with Crippen molar-refractivity contribution in [3.8, 4) is 0 Å². The lowest BCUT2D eigenvalue weighted by molar-refractivity contribution is -0.129. The van der Waals surface area contributed by atoms with Crippen molar-refractivity contribution < 1.29 is 13.9 Å². The molecule has 1 unspecified atom stereocenters. The summed E-state index contributed by atoms with van der Waals surface area (Å²) >= 11 is 7.48. The largest absolute Gasteiger partial charge is 0.378 e. The van der Waals surface area contributed by atoms with E-state index in [0.717, 1.165) is 25.6 Å². The van der Waals surface area contributed by atoms with Gasteiger partial charge in [-0.15, -0.1) is 10.2 Å². The molecule has 3 rings (SSSR count). The van der Waals surface area contributed by atoms with Crippen molar-refractivity contribution in [2.45, 2.75) is 44.3 Å². The summed E-state index contributed by atoms with van der Waals surface area (Å²) in [6.07, 6.45) is 0. The summed E-state index contributed by atoms with van der Waals surface area (Å²) in [5.41, 5.74) is 0.315. The number of nitrogens with zero attached hydrogens (tertiary/aromatic N) is 5. The Morgan fingerprint density at radius 1 is 1.29 bits per heavy atom. The normalized spacial score (nSPS) is 15.4. The third kappa shape index (κ3) is 5.90. The average molecular weight is 470 g/mol. The molecule has 0 saturated carbocycles. The maximum absolute atomic E-state index is 14.1. The number of morpholine rings is 1. The number of halogens is 2. The van der Waals surface area contributed by atoms with Gasteiger partial charge in [-0.1, -0.05) is 43.3 Å². The molecule has 1 fully saturated rings. The summed E-state index contributed by atoms with van der Waals surface area (Å²) in [5, 5.41) is 9.39. The van der Waals surface area contributed by atoms with Crippen molar-refractivity contribution in [3.05, 3.63) is 34.6 Å². The first kappa shape index (κ1) is 23.8. The van der Waals surface area contributed by atoms with Gasteiger partial charge >= 0.3 is 0 Å². The number of hydrogen-bond acceptors (Lipinski definition) is 6. The van der Waals surface area contributed by atoms with Crippen molar-refractivity contribution in [2.75, 3.05) is 38.3 Å². The summed E-state index contributed by atoms with van der Waals surface area (Å²) in [4.78, 5) is 16.6. The Hall–Kier alpha value is -1.84. The Morgan fingerprint density at radius 3 is 2.65 bits per heavy atom. The highest BCUT2D eigenvalue weighted by Crippen LogP contribution is 2.29. The average Bonchev–Trinajstić information content (AvgIpc) is 3.12. The van der Waals surface area contributed by atoms with Gasteiger partial charge in [0.2, 0.25) is 11.9 Å². The van der Waals surface area contributed by atoms with E-state index in [1.165, 1.54) is 22.7 Å². The van der Waals surface area contributed by atoms with Gasteiger partial charge in [0, 0.05) is 43.8 Å². The van der Waals surface area contributed by atoms with E-state index in [9.17, 15) is 9.18 Å². The predicted molar refractivity (Wildman–Crippen MR) is 121 cm³/mol. The number of carbonyl (C=O) groups excluding carboxylic acids is 1. The lowest BCUT2D eigenvalue weighted by Gasteiger charge is -2.28. The maximum atomic E-state index is 14.1. The maximum Gasteiger partial charge on any atom is 0.235 e. The molecule has 1 aromatic carbocycles. The molecule has 170 valence electrons. The van der Waals surface area contributed by atoms with Crippen LogP contribution in [0.15, 0.2) is 23.4 Å². The third-order valence-corrected chi connectivity index (χ3v) is 6.42. The van der Waals surface area contributed by atoms with Gasteiger partial charge in [-0.05, 0) is 25.0 Å². The van der Waals surface area contributed by atoms with Crippen LogP contribution in [-0.4, -0.2) is 64.2 Å².